The van der Waals surface area contributed by atoms with Gasteiger partial charge in [-0.05, 0) is 48.0 Å². The summed E-state index contributed by atoms with van der Waals surface area (Å²) in [6, 6.07) is 17.6. The van der Waals surface area contributed by atoms with Crippen molar-refractivity contribution in [2.45, 2.75) is 18.6 Å². The molecule has 3 aromatic carbocycles. The first-order valence-electron chi connectivity index (χ1n) is 9.01. The molecular formula is C22H17F4N3. The third-order valence-corrected chi connectivity index (χ3v) is 4.66. The van der Waals surface area contributed by atoms with Crippen LogP contribution in [0.5, 0.6) is 0 Å². The standard InChI is InChI=1S/C22H17F4N3/c23-17-6-9-19(10-7-17)29-20-11-8-18(13-16(20)14-27-29)28-21(22(24,25)26)12-15-4-2-1-3-5-15/h1-11,13-14,21,28H,12H2. The van der Waals surface area contributed by atoms with Gasteiger partial charge in [0.1, 0.15) is 11.9 Å². The third kappa shape index (κ3) is 4.23. The van der Waals surface area contributed by atoms with E-state index in [-0.39, 0.29) is 12.2 Å². The third-order valence-electron chi connectivity index (χ3n) is 4.66. The number of nitrogens with one attached hydrogen (secondary N) is 1. The van der Waals surface area contributed by atoms with E-state index < -0.39 is 12.2 Å². The number of hydrogen-bond acceptors (Lipinski definition) is 2. The molecule has 7 heteroatoms. The van der Waals surface area contributed by atoms with Gasteiger partial charge in [0.05, 0.1) is 17.4 Å². The lowest BCUT2D eigenvalue weighted by molar-refractivity contribution is -0.142. The number of nitrogens with zero attached hydrogens (tertiary/aromatic N) is 2. The van der Waals surface area contributed by atoms with Crippen LogP contribution in [0.1, 0.15) is 5.56 Å². The maximum Gasteiger partial charge on any atom is 0.408 e. The Morgan fingerprint density at radius 3 is 2.34 bits per heavy atom. The van der Waals surface area contributed by atoms with Gasteiger partial charge in [0.2, 0.25) is 0 Å². The molecule has 1 atom stereocenters. The zero-order valence-corrected chi connectivity index (χ0v) is 15.2. The molecule has 1 aromatic heterocycles. The number of hydrogen-bond donors (Lipinski definition) is 1. The Hall–Kier alpha value is -3.35. The van der Waals surface area contributed by atoms with Gasteiger partial charge in [-0.25, -0.2) is 9.07 Å². The minimum Gasteiger partial charge on any atom is -0.374 e. The zero-order chi connectivity index (χ0) is 20.4. The maximum atomic E-state index is 13.6. The smallest absolute Gasteiger partial charge is 0.374 e. The summed E-state index contributed by atoms with van der Waals surface area (Å²) in [5.74, 6) is -0.353. The summed E-state index contributed by atoms with van der Waals surface area (Å²) in [7, 11) is 0. The Labute approximate surface area is 164 Å². The highest BCUT2D eigenvalue weighted by atomic mass is 19.4. The summed E-state index contributed by atoms with van der Waals surface area (Å²) >= 11 is 0. The Bertz CT molecular complexity index is 1100. The summed E-state index contributed by atoms with van der Waals surface area (Å²) in [6.07, 6.45) is -3.00. The van der Waals surface area contributed by atoms with Crippen molar-refractivity contribution in [3.8, 4) is 5.69 Å². The number of alkyl halides is 3. The fraction of sp³-hybridized carbons (Fsp3) is 0.136. The fourth-order valence-corrected chi connectivity index (χ4v) is 3.21. The molecule has 3 nitrogen and oxygen atoms in total. The second-order valence-electron chi connectivity index (χ2n) is 6.73. The van der Waals surface area contributed by atoms with Crippen LogP contribution in [0.3, 0.4) is 0 Å². The van der Waals surface area contributed by atoms with Crippen molar-refractivity contribution in [3.63, 3.8) is 0 Å². The lowest BCUT2D eigenvalue weighted by atomic mass is 10.1. The van der Waals surface area contributed by atoms with E-state index in [9.17, 15) is 17.6 Å². The molecule has 148 valence electrons. The molecule has 0 aliphatic heterocycles. The minimum absolute atomic E-state index is 0.169. The molecule has 1 heterocycles. The van der Waals surface area contributed by atoms with E-state index in [0.29, 0.717) is 27.8 Å². The van der Waals surface area contributed by atoms with Crippen LogP contribution in [0.15, 0.2) is 79.0 Å². The van der Waals surface area contributed by atoms with Gasteiger partial charge in [0, 0.05) is 17.5 Å². The van der Waals surface area contributed by atoms with Crippen LogP contribution in [-0.2, 0) is 6.42 Å². The predicted octanol–water partition coefficient (Wildman–Crippen LogP) is 5.75. The van der Waals surface area contributed by atoms with Gasteiger partial charge >= 0.3 is 6.18 Å². The van der Waals surface area contributed by atoms with E-state index in [0.717, 1.165) is 0 Å². The maximum absolute atomic E-state index is 13.6. The van der Waals surface area contributed by atoms with Gasteiger partial charge in [0.15, 0.2) is 0 Å². The highest BCUT2D eigenvalue weighted by Crippen LogP contribution is 2.28. The lowest BCUT2D eigenvalue weighted by Gasteiger charge is -2.23. The molecule has 0 aliphatic rings. The summed E-state index contributed by atoms with van der Waals surface area (Å²) in [5.41, 5.74) is 2.34. The van der Waals surface area contributed by atoms with Crippen molar-refractivity contribution in [2.75, 3.05) is 5.32 Å². The van der Waals surface area contributed by atoms with E-state index in [4.69, 9.17) is 0 Å². The molecule has 4 aromatic rings. The van der Waals surface area contributed by atoms with Gasteiger partial charge in [-0.1, -0.05) is 30.3 Å². The quantitative estimate of drug-likeness (QED) is 0.433. The first-order chi connectivity index (χ1) is 13.9. The summed E-state index contributed by atoms with van der Waals surface area (Å²) in [4.78, 5) is 0. The van der Waals surface area contributed by atoms with Gasteiger partial charge in [-0.2, -0.15) is 18.3 Å². The molecule has 1 N–H and O–H groups in total. The van der Waals surface area contributed by atoms with Crippen molar-refractivity contribution in [1.29, 1.82) is 0 Å². The van der Waals surface area contributed by atoms with E-state index >= 15 is 0 Å². The second-order valence-corrected chi connectivity index (χ2v) is 6.73. The van der Waals surface area contributed by atoms with Crippen LogP contribution in [-0.4, -0.2) is 22.0 Å². The van der Waals surface area contributed by atoms with Crippen LogP contribution in [0.2, 0.25) is 0 Å². The molecule has 0 amide bonds. The minimum atomic E-state index is -4.40. The van der Waals surface area contributed by atoms with Crippen LogP contribution >= 0.6 is 0 Å². The summed E-state index contributed by atoms with van der Waals surface area (Å²) in [6.45, 7) is 0. The molecule has 4 rings (SSSR count). The Morgan fingerprint density at radius 2 is 1.66 bits per heavy atom. The highest BCUT2D eigenvalue weighted by molar-refractivity contribution is 5.84. The van der Waals surface area contributed by atoms with E-state index in [1.165, 1.54) is 12.1 Å². The summed E-state index contributed by atoms with van der Waals surface area (Å²) < 4.78 is 55.4. The molecule has 29 heavy (non-hydrogen) atoms. The number of benzene rings is 3. The predicted molar refractivity (Wildman–Crippen MR) is 105 cm³/mol. The van der Waals surface area contributed by atoms with Crippen molar-refractivity contribution in [2.24, 2.45) is 0 Å². The highest BCUT2D eigenvalue weighted by Gasteiger charge is 2.39. The average Bonchev–Trinajstić information content (AvgIpc) is 3.11. The van der Waals surface area contributed by atoms with Crippen LogP contribution in [0.25, 0.3) is 16.6 Å². The first-order valence-corrected chi connectivity index (χ1v) is 9.01. The zero-order valence-electron chi connectivity index (χ0n) is 15.2. The van der Waals surface area contributed by atoms with Crippen molar-refractivity contribution >= 4 is 16.6 Å². The van der Waals surface area contributed by atoms with E-state index in [1.54, 1.807) is 71.5 Å². The normalized spacial score (nSPS) is 12.8. The fourth-order valence-electron chi connectivity index (χ4n) is 3.21. The number of aromatic nitrogens is 2. The molecule has 0 bridgehead atoms. The molecule has 0 radical (unpaired) electrons. The molecule has 0 fully saturated rings. The monoisotopic (exact) mass is 399 g/mol. The number of halogens is 4. The SMILES string of the molecule is Fc1ccc(-n2ncc3cc(NC(Cc4ccccc4)C(F)(F)F)ccc32)cc1. The summed E-state index contributed by atoms with van der Waals surface area (Å²) in [5, 5.41) is 7.56. The molecule has 0 saturated carbocycles. The molecule has 0 saturated heterocycles. The topological polar surface area (TPSA) is 29.9 Å². The van der Waals surface area contributed by atoms with Gasteiger partial charge in [-0.15, -0.1) is 0 Å². The number of fused-ring (bicyclic) bond motifs is 1. The van der Waals surface area contributed by atoms with E-state index in [2.05, 4.69) is 10.4 Å². The van der Waals surface area contributed by atoms with E-state index in [1.807, 2.05) is 0 Å². The van der Waals surface area contributed by atoms with Crippen molar-refractivity contribution in [1.82, 2.24) is 9.78 Å². The molecule has 0 aliphatic carbocycles. The first kappa shape index (κ1) is 19.0. The Morgan fingerprint density at radius 1 is 0.931 bits per heavy atom. The van der Waals surface area contributed by atoms with Gasteiger partial charge in [-0.3, -0.25) is 0 Å². The van der Waals surface area contributed by atoms with Crippen molar-refractivity contribution in [3.05, 3.63) is 90.4 Å². The molecule has 0 spiro atoms. The average molecular weight is 399 g/mol. The van der Waals surface area contributed by atoms with Crippen LogP contribution in [0.4, 0.5) is 23.2 Å². The van der Waals surface area contributed by atoms with Crippen LogP contribution < -0.4 is 5.32 Å². The van der Waals surface area contributed by atoms with Gasteiger partial charge in [0.25, 0.3) is 0 Å². The molecule has 1 unspecified atom stereocenters. The Balaban J connectivity index is 1.61. The van der Waals surface area contributed by atoms with Gasteiger partial charge < -0.3 is 5.32 Å². The lowest BCUT2D eigenvalue weighted by Crippen LogP contribution is -2.38. The largest absolute Gasteiger partial charge is 0.408 e. The Kier molecular flexibility index (Phi) is 4.96. The second kappa shape index (κ2) is 7.58. The molecular weight excluding hydrogens is 382 g/mol. The number of anilines is 1. The van der Waals surface area contributed by atoms with Crippen LogP contribution in [0, 0.1) is 5.82 Å². The number of rotatable bonds is 5. The van der Waals surface area contributed by atoms with Crippen molar-refractivity contribution < 1.29 is 17.6 Å².